The predicted octanol–water partition coefficient (Wildman–Crippen LogP) is 3.41. The Labute approximate surface area is 197 Å². The van der Waals surface area contributed by atoms with Crippen LogP contribution in [0.1, 0.15) is 75.5 Å². The van der Waals surface area contributed by atoms with Crippen LogP contribution in [0.25, 0.3) is 5.65 Å². The standard InChI is InChI=1S/C26H39N5O2/c1-4-19-11-10-18(14-26(19,2)3)15-28-25(33)22-8-5-9-23-29-21(17-31(22)23)13-24(32)30-12-6-7-20(27)16-30/h5,8-9,17-20H,4,6-7,10-16,27H2,1-3H3,(H,28,33)/t18-,19?,20?/m1/s1. The minimum absolute atomic E-state index is 0.0462. The number of rotatable bonds is 6. The monoisotopic (exact) mass is 453 g/mol. The summed E-state index contributed by atoms with van der Waals surface area (Å²) in [6, 6.07) is 5.59. The molecule has 2 fully saturated rings. The lowest BCUT2D eigenvalue weighted by Crippen LogP contribution is -2.46. The summed E-state index contributed by atoms with van der Waals surface area (Å²) in [6.45, 7) is 9.07. The molecule has 3 N–H and O–H groups in total. The summed E-state index contributed by atoms with van der Waals surface area (Å²) in [5.41, 5.74) is 8.27. The first kappa shape index (κ1) is 23.7. The number of pyridine rings is 1. The van der Waals surface area contributed by atoms with Crippen molar-refractivity contribution in [1.82, 2.24) is 19.6 Å². The number of imidazole rings is 1. The van der Waals surface area contributed by atoms with E-state index < -0.39 is 0 Å². The van der Waals surface area contributed by atoms with E-state index in [0.29, 0.717) is 41.5 Å². The van der Waals surface area contributed by atoms with Gasteiger partial charge in [-0.25, -0.2) is 4.98 Å². The number of fused-ring (bicyclic) bond motifs is 1. The number of carbonyl (C=O) groups excluding carboxylic acids is 2. The highest BCUT2D eigenvalue weighted by Crippen LogP contribution is 2.44. The third-order valence-corrected chi connectivity index (χ3v) is 7.80. The molecular formula is C26H39N5O2. The first-order chi connectivity index (χ1) is 15.8. The molecule has 3 heterocycles. The average molecular weight is 454 g/mol. The van der Waals surface area contributed by atoms with Crippen molar-refractivity contribution in [2.45, 2.75) is 71.8 Å². The van der Waals surface area contributed by atoms with Gasteiger partial charge in [-0.15, -0.1) is 0 Å². The summed E-state index contributed by atoms with van der Waals surface area (Å²) in [4.78, 5) is 32.2. The lowest BCUT2D eigenvalue weighted by Gasteiger charge is -2.42. The van der Waals surface area contributed by atoms with Gasteiger partial charge in [0.05, 0.1) is 12.1 Å². The quantitative estimate of drug-likeness (QED) is 0.701. The second-order valence-electron chi connectivity index (χ2n) is 10.7. The maximum Gasteiger partial charge on any atom is 0.268 e. The van der Waals surface area contributed by atoms with Crippen molar-refractivity contribution < 1.29 is 9.59 Å². The summed E-state index contributed by atoms with van der Waals surface area (Å²) in [7, 11) is 0. The highest BCUT2D eigenvalue weighted by molar-refractivity contribution is 5.93. The second-order valence-corrected chi connectivity index (χ2v) is 10.7. The molecule has 0 aromatic carbocycles. The van der Waals surface area contributed by atoms with E-state index in [1.54, 1.807) is 4.40 Å². The molecular weight excluding hydrogens is 414 g/mol. The lowest BCUT2D eigenvalue weighted by molar-refractivity contribution is -0.131. The molecule has 2 unspecified atom stereocenters. The van der Waals surface area contributed by atoms with Gasteiger partial charge >= 0.3 is 0 Å². The number of likely N-dealkylation sites (tertiary alicyclic amines) is 1. The smallest absolute Gasteiger partial charge is 0.268 e. The molecule has 33 heavy (non-hydrogen) atoms. The van der Waals surface area contributed by atoms with Crippen molar-refractivity contribution in [3.63, 3.8) is 0 Å². The molecule has 1 saturated heterocycles. The van der Waals surface area contributed by atoms with Gasteiger partial charge in [0.1, 0.15) is 11.3 Å². The van der Waals surface area contributed by atoms with Gasteiger partial charge in [0, 0.05) is 31.9 Å². The molecule has 2 amide bonds. The number of nitrogens with zero attached hydrogens (tertiary/aromatic N) is 3. The van der Waals surface area contributed by atoms with E-state index in [9.17, 15) is 9.59 Å². The third kappa shape index (κ3) is 5.40. The van der Waals surface area contributed by atoms with E-state index >= 15 is 0 Å². The Hall–Kier alpha value is -2.41. The zero-order chi connectivity index (χ0) is 23.6. The molecule has 2 aliphatic rings. The number of amides is 2. The van der Waals surface area contributed by atoms with Crippen LogP contribution in [0.15, 0.2) is 24.4 Å². The summed E-state index contributed by atoms with van der Waals surface area (Å²) in [6.07, 6.45) is 8.74. The summed E-state index contributed by atoms with van der Waals surface area (Å²) < 4.78 is 1.80. The molecule has 1 aliphatic carbocycles. The Kier molecular flexibility index (Phi) is 7.07. The first-order valence-corrected chi connectivity index (χ1v) is 12.6. The Bertz CT molecular complexity index is 998. The van der Waals surface area contributed by atoms with Crippen LogP contribution in [0.4, 0.5) is 0 Å². The van der Waals surface area contributed by atoms with Crippen LogP contribution < -0.4 is 11.1 Å². The molecule has 2 aromatic heterocycles. The van der Waals surface area contributed by atoms with Gasteiger partial charge in [-0.2, -0.15) is 0 Å². The van der Waals surface area contributed by atoms with E-state index in [1.807, 2.05) is 29.3 Å². The molecule has 7 heteroatoms. The molecule has 7 nitrogen and oxygen atoms in total. The van der Waals surface area contributed by atoms with Gasteiger partial charge in [-0.3, -0.25) is 14.0 Å². The third-order valence-electron chi connectivity index (χ3n) is 7.80. The average Bonchev–Trinajstić information content (AvgIpc) is 3.19. The number of aromatic nitrogens is 2. The number of piperidine rings is 1. The summed E-state index contributed by atoms with van der Waals surface area (Å²) >= 11 is 0. The van der Waals surface area contributed by atoms with Gasteiger partial charge in [-0.1, -0.05) is 33.3 Å². The van der Waals surface area contributed by atoms with Crippen molar-refractivity contribution >= 4 is 17.5 Å². The van der Waals surface area contributed by atoms with Crippen molar-refractivity contribution in [3.05, 3.63) is 35.8 Å². The van der Waals surface area contributed by atoms with Crippen molar-refractivity contribution in [1.29, 1.82) is 0 Å². The molecule has 180 valence electrons. The van der Waals surface area contributed by atoms with E-state index in [1.165, 1.54) is 19.3 Å². The Morgan fingerprint density at radius 1 is 1.24 bits per heavy atom. The molecule has 0 spiro atoms. The Balaban J connectivity index is 1.40. The highest BCUT2D eigenvalue weighted by Gasteiger charge is 2.35. The molecule has 4 rings (SSSR count). The largest absolute Gasteiger partial charge is 0.350 e. The number of hydrogen-bond donors (Lipinski definition) is 2. The number of nitrogens with two attached hydrogens (primary N) is 1. The van der Waals surface area contributed by atoms with Crippen LogP contribution in [0.2, 0.25) is 0 Å². The van der Waals surface area contributed by atoms with Crippen LogP contribution in [0.5, 0.6) is 0 Å². The van der Waals surface area contributed by atoms with Crippen molar-refractivity contribution in [3.8, 4) is 0 Å². The zero-order valence-corrected chi connectivity index (χ0v) is 20.3. The van der Waals surface area contributed by atoms with Gasteiger partial charge in [0.25, 0.3) is 5.91 Å². The zero-order valence-electron chi connectivity index (χ0n) is 20.3. The van der Waals surface area contributed by atoms with Gasteiger partial charge in [0.2, 0.25) is 5.91 Å². The second kappa shape index (κ2) is 9.84. The highest BCUT2D eigenvalue weighted by atomic mass is 16.2. The molecule has 0 radical (unpaired) electrons. The SMILES string of the molecule is CCC1CC[C@@H](CNC(=O)c2cccc3nc(CC(=O)N4CCCC(N)C4)cn23)CC1(C)C. The van der Waals surface area contributed by atoms with E-state index in [2.05, 4.69) is 31.1 Å². The van der Waals surface area contributed by atoms with E-state index in [-0.39, 0.29) is 24.3 Å². The molecule has 1 saturated carbocycles. The Morgan fingerprint density at radius 2 is 2.06 bits per heavy atom. The number of carbonyl (C=O) groups is 2. The fraction of sp³-hybridized carbons (Fsp3) is 0.654. The van der Waals surface area contributed by atoms with Crippen LogP contribution in [-0.2, 0) is 11.2 Å². The molecule has 0 bridgehead atoms. The fourth-order valence-corrected chi connectivity index (χ4v) is 5.93. The normalized spacial score (nSPS) is 25.2. The van der Waals surface area contributed by atoms with E-state index in [4.69, 9.17) is 5.73 Å². The van der Waals surface area contributed by atoms with Crippen LogP contribution in [0, 0.1) is 17.3 Å². The minimum atomic E-state index is -0.0895. The molecule has 3 atom stereocenters. The van der Waals surface area contributed by atoms with Gasteiger partial charge in [-0.05, 0) is 61.5 Å². The van der Waals surface area contributed by atoms with Crippen LogP contribution in [0.3, 0.4) is 0 Å². The molecule has 1 aliphatic heterocycles. The van der Waals surface area contributed by atoms with Crippen molar-refractivity contribution in [2.24, 2.45) is 23.0 Å². The molecule has 2 aromatic rings. The lowest BCUT2D eigenvalue weighted by atomic mass is 9.64. The Morgan fingerprint density at radius 3 is 2.79 bits per heavy atom. The number of hydrogen-bond acceptors (Lipinski definition) is 4. The topological polar surface area (TPSA) is 92.7 Å². The van der Waals surface area contributed by atoms with Crippen LogP contribution in [-0.4, -0.2) is 51.8 Å². The maximum atomic E-state index is 13.0. The fourth-order valence-electron chi connectivity index (χ4n) is 5.93. The minimum Gasteiger partial charge on any atom is -0.350 e. The van der Waals surface area contributed by atoms with E-state index in [0.717, 1.165) is 31.7 Å². The first-order valence-electron chi connectivity index (χ1n) is 12.6. The number of nitrogens with one attached hydrogen (secondary N) is 1. The van der Waals surface area contributed by atoms with Crippen LogP contribution >= 0.6 is 0 Å². The predicted molar refractivity (Wildman–Crippen MR) is 130 cm³/mol. The maximum absolute atomic E-state index is 13.0. The van der Waals surface area contributed by atoms with Gasteiger partial charge < -0.3 is 16.0 Å². The van der Waals surface area contributed by atoms with Crippen molar-refractivity contribution in [2.75, 3.05) is 19.6 Å². The summed E-state index contributed by atoms with van der Waals surface area (Å²) in [5.74, 6) is 1.24. The summed E-state index contributed by atoms with van der Waals surface area (Å²) in [5, 5.41) is 3.16. The van der Waals surface area contributed by atoms with Gasteiger partial charge in [0.15, 0.2) is 0 Å².